The van der Waals surface area contributed by atoms with E-state index >= 15 is 0 Å². The van der Waals surface area contributed by atoms with Crippen LogP contribution in [0.1, 0.15) is 12.6 Å². The van der Waals surface area contributed by atoms with Crippen molar-refractivity contribution in [2.45, 2.75) is 13.8 Å². The van der Waals surface area contributed by atoms with Crippen LogP contribution in [-0.4, -0.2) is 21.4 Å². The number of rotatable bonds is 4. The summed E-state index contributed by atoms with van der Waals surface area (Å²) < 4.78 is 0. The monoisotopic (exact) mass is 258 g/mol. The van der Waals surface area contributed by atoms with Crippen molar-refractivity contribution in [3.63, 3.8) is 0 Å². The standard InChI is InChI=1S/C13H14N4O2/c1-3-14-12-7-9(2)15-13(16-12)10-5-4-6-11(8-10)17(18)19/h4-8H,3H2,1-2H3,(H,14,15,16). The van der Waals surface area contributed by atoms with Gasteiger partial charge in [-0.05, 0) is 13.8 Å². The Hall–Kier alpha value is -2.50. The number of hydrogen-bond donors (Lipinski definition) is 1. The third-order valence-electron chi connectivity index (χ3n) is 2.53. The van der Waals surface area contributed by atoms with Gasteiger partial charge in [0.15, 0.2) is 5.82 Å². The molecule has 19 heavy (non-hydrogen) atoms. The zero-order valence-corrected chi connectivity index (χ0v) is 10.8. The zero-order valence-electron chi connectivity index (χ0n) is 10.8. The van der Waals surface area contributed by atoms with Crippen molar-refractivity contribution in [2.75, 3.05) is 11.9 Å². The fraction of sp³-hybridized carbons (Fsp3) is 0.231. The van der Waals surface area contributed by atoms with Gasteiger partial charge >= 0.3 is 0 Å². The summed E-state index contributed by atoms with van der Waals surface area (Å²) in [7, 11) is 0. The molecule has 0 unspecified atom stereocenters. The van der Waals surface area contributed by atoms with E-state index in [4.69, 9.17) is 0 Å². The second-order valence-corrected chi connectivity index (χ2v) is 4.06. The SMILES string of the molecule is CCNc1cc(C)nc(-c2cccc([N+](=O)[O-])c2)n1. The highest BCUT2D eigenvalue weighted by Gasteiger charge is 2.10. The van der Waals surface area contributed by atoms with E-state index in [0.717, 1.165) is 18.1 Å². The fourth-order valence-electron chi connectivity index (χ4n) is 1.73. The molecule has 0 bridgehead atoms. The Morgan fingerprint density at radius 1 is 1.32 bits per heavy atom. The van der Waals surface area contributed by atoms with Gasteiger partial charge in [-0.15, -0.1) is 0 Å². The van der Waals surface area contributed by atoms with Gasteiger partial charge in [0.25, 0.3) is 5.69 Å². The van der Waals surface area contributed by atoms with Crippen LogP contribution in [0.15, 0.2) is 30.3 Å². The van der Waals surface area contributed by atoms with E-state index < -0.39 is 4.92 Å². The first-order chi connectivity index (χ1) is 9.10. The van der Waals surface area contributed by atoms with Crippen molar-refractivity contribution < 1.29 is 4.92 Å². The Bertz CT molecular complexity index is 613. The Morgan fingerprint density at radius 2 is 2.11 bits per heavy atom. The van der Waals surface area contributed by atoms with Gasteiger partial charge in [0.2, 0.25) is 0 Å². The maximum absolute atomic E-state index is 10.8. The molecule has 6 nitrogen and oxygen atoms in total. The minimum Gasteiger partial charge on any atom is -0.370 e. The van der Waals surface area contributed by atoms with Crippen LogP contribution >= 0.6 is 0 Å². The normalized spacial score (nSPS) is 10.2. The summed E-state index contributed by atoms with van der Waals surface area (Å²) in [5.74, 6) is 1.20. The van der Waals surface area contributed by atoms with Gasteiger partial charge in [-0.2, -0.15) is 0 Å². The molecule has 0 aliphatic rings. The van der Waals surface area contributed by atoms with E-state index in [1.165, 1.54) is 12.1 Å². The van der Waals surface area contributed by atoms with Crippen LogP contribution in [0.3, 0.4) is 0 Å². The van der Waals surface area contributed by atoms with Gasteiger partial charge in [-0.1, -0.05) is 12.1 Å². The van der Waals surface area contributed by atoms with Crippen LogP contribution in [-0.2, 0) is 0 Å². The summed E-state index contributed by atoms with van der Waals surface area (Å²) in [6.07, 6.45) is 0. The van der Waals surface area contributed by atoms with Gasteiger partial charge in [-0.25, -0.2) is 9.97 Å². The number of aromatic nitrogens is 2. The lowest BCUT2D eigenvalue weighted by molar-refractivity contribution is -0.384. The largest absolute Gasteiger partial charge is 0.370 e. The van der Waals surface area contributed by atoms with Crippen molar-refractivity contribution in [3.05, 3.63) is 46.1 Å². The third kappa shape index (κ3) is 3.04. The molecule has 0 fully saturated rings. The Morgan fingerprint density at radius 3 is 2.79 bits per heavy atom. The summed E-state index contributed by atoms with van der Waals surface area (Å²) in [4.78, 5) is 19.0. The van der Waals surface area contributed by atoms with E-state index in [0.29, 0.717) is 11.4 Å². The molecule has 6 heteroatoms. The molecule has 0 aliphatic heterocycles. The van der Waals surface area contributed by atoms with E-state index in [9.17, 15) is 10.1 Å². The second-order valence-electron chi connectivity index (χ2n) is 4.06. The van der Waals surface area contributed by atoms with Crippen LogP contribution in [0.25, 0.3) is 11.4 Å². The molecular weight excluding hydrogens is 244 g/mol. The summed E-state index contributed by atoms with van der Waals surface area (Å²) in [6.45, 7) is 4.60. The van der Waals surface area contributed by atoms with Gasteiger partial charge in [0.05, 0.1) is 4.92 Å². The number of benzene rings is 1. The number of nitro benzene ring substituents is 1. The summed E-state index contributed by atoms with van der Waals surface area (Å²) in [5, 5.41) is 13.9. The lowest BCUT2D eigenvalue weighted by Gasteiger charge is -2.06. The Labute approximate surface area is 110 Å². The van der Waals surface area contributed by atoms with Crippen LogP contribution < -0.4 is 5.32 Å². The predicted molar refractivity (Wildman–Crippen MR) is 73.0 cm³/mol. The number of nitrogens with one attached hydrogen (secondary N) is 1. The highest BCUT2D eigenvalue weighted by atomic mass is 16.6. The highest BCUT2D eigenvalue weighted by molar-refractivity contribution is 5.61. The number of hydrogen-bond acceptors (Lipinski definition) is 5. The van der Waals surface area contributed by atoms with Crippen molar-refractivity contribution in [2.24, 2.45) is 0 Å². The number of aryl methyl sites for hydroxylation is 1. The minimum atomic E-state index is -0.426. The first-order valence-corrected chi connectivity index (χ1v) is 5.94. The predicted octanol–water partition coefficient (Wildman–Crippen LogP) is 2.79. The molecule has 1 N–H and O–H groups in total. The van der Waals surface area contributed by atoms with E-state index in [-0.39, 0.29) is 5.69 Å². The zero-order chi connectivity index (χ0) is 13.8. The van der Waals surface area contributed by atoms with Gasteiger partial charge in [0, 0.05) is 36.0 Å². The molecule has 0 radical (unpaired) electrons. The van der Waals surface area contributed by atoms with Crippen molar-refractivity contribution >= 4 is 11.5 Å². The van der Waals surface area contributed by atoms with Crippen LogP contribution in [0.4, 0.5) is 11.5 Å². The highest BCUT2D eigenvalue weighted by Crippen LogP contribution is 2.22. The van der Waals surface area contributed by atoms with Crippen molar-refractivity contribution in [3.8, 4) is 11.4 Å². The van der Waals surface area contributed by atoms with Crippen LogP contribution in [0, 0.1) is 17.0 Å². The molecule has 2 aromatic rings. The summed E-state index contributed by atoms with van der Waals surface area (Å²) in [5.41, 5.74) is 1.48. The molecule has 2 rings (SSSR count). The van der Waals surface area contributed by atoms with Gasteiger partial charge in [0.1, 0.15) is 5.82 Å². The quantitative estimate of drug-likeness (QED) is 0.673. The summed E-state index contributed by atoms with van der Waals surface area (Å²) in [6, 6.07) is 8.16. The molecule has 1 heterocycles. The van der Waals surface area contributed by atoms with E-state index in [1.54, 1.807) is 12.1 Å². The fourth-order valence-corrected chi connectivity index (χ4v) is 1.73. The number of anilines is 1. The molecular formula is C13H14N4O2. The molecule has 0 atom stereocenters. The minimum absolute atomic E-state index is 0.0348. The van der Waals surface area contributed by atoms with Crippen LogP contribution in [0.2, 0.25) is 0 Å². The number of non-ortho nitro benzene ring substituents is 1. The van der Waals surface area contributed by atoms with E-state index in [2.05, 4.69) is 15.3 Å². The van der Waals surface area contributed by atoms with E-state index in [1.807, 2.05) is 19.9 Å². The average Bonchev–Trinajstić information content (AvgIpc) is 2.38. The maximum Gasteiger partial charge on any atom is 0.270 e. The number of nitro groups is 1. The topological polar surface area (TPSA) is 81.0 Å². The average molecular weight is 258 g/mol. The maximum atomic E-state index is 10.8. The molecule has 1 aromatic heterocycles. The second kappa shape index (κ2) is 5.43. The first kappa shape index (κ1) is 12.9. The molecule has 0 amide bonds. The van der Waals surface area contributed by atoms with Crippen molar-refractivity contribution in [1.29, 1.82) is 0 Å². The molecule has 0 aliphatic carbocycles. The number of nitrogens with zero attached hydrogens (tertiary/aromatic N) is 3. The third-order valence-corrected chi connectivity index (χ3v) is 2.53. The lowest BCUT2D eigenvalue weighted by atomic mass is 10.2. The van der Waals surface area contributed by atoms with Crippen molar-refractivity contribution in [1.82, 2.24) is 9.97 Å². The van der Waals surface area contributed by atoms with Crippen LogP contribution in [0.5, 0.6) is 0 Å². The molecule has 0 spiro atoms. The Kier molecular flexibility index (Phi) is 3.70. The van der Waals surface area contributed by atoms with Gasteiger partial charge in [-0.3, -0.25) is 10.1 Å². The smallest absolute Gasteiger partial charge is 0.270 e. The molecule has 0 saturated heterocycles. The summed E-state index contributed by atoms with van der Waals surface area (Å²) >= 11 is 0. The first-order valence-electron chi connectivity index (χ1n) is 5.94. The van der Waals surface area contributed by atoms with Gasteiger partial charge < -0.3 is 5.32 Å². The Balaban J connectivity index is 2.46. The molecule has 98 valence electrons. The molecule has 0 saturated carbocycles. The lowest BCUT2D eigenvalue weighted by Crippen LogP contribution is -2.02. The molecule has 1 aromatic carbocycles.